The topological polar surface area (TPSA) is 66.5 Å². The van der Waals surface area contributed by atoms with Gasteiger partial charge < -0.3 is 5.32 Å². The summed E-state index contributed by atoms with van der Waals surface area (Å²) in [6, 6.07) is 13.8. The number of nitrogens with zero attached hydrogens (tertiary/aromatic N) is 1. The summed E-state index contributed by atoms with van der Waals surface area (Å²) in [5, 5.41) is 2.90. The van der Waals surface area contributed by atoms with Crippen molar-refractivity contribution in [1.29, 1.82) is 0 Å². The number of carbonyl (C=O) groups excluding carboxylic acids is 3. The maximum atomic E-state index is 12.4. The van der Waals surface area contributed by atoms with Crippen LogP contribution in [0.15, 0.2) is 48.5 Å². The van der Waals surface area contributed by atoms with Crippen LogP contribution >= 0.6 is 0 Å². The van der Waals surface area contributed by atoms with Crippen LogP contribution in [0.3, 0.4) is 0 Å². The quantitative estimate of drug-likeness (QED) is 0.876. The lowest BCUT2D eigenvalue weighted by molar-refractivity contribution is 0.0642. The van der Waals surface area contributed by atoms with Crippen molar-refractivity contribution >= 4 is 17.7 Å². The Balaban J connectivity index is 1.81. The summed E-state index contributed by atoms with van der Waals surface area (Å²) >= 11 is 0. The van der Waals surface area contributed by atoms with Crippen molar-refractivity contribution in [3.05, 3.63) is 70.8 Å². The Morgan fingerprint density at radius 3 is 2.12 bits per heavy atom. The second-order valence-electron chi connectivity index (χ2n) is 7.15. The molecular formula is C20H20N2O3. The highest BCUT2D eigenvalue weighted by atomic mass is 16.2. The molecule has 1 aliphatic rings. The van der Waals surface area contributed by atoms with Crippen LogP contribution in [0.5, 0.6) is 0 Å². The van der Waals surface area contributed by atoms with Crippen molar-refractivity contribution in [2.24, 2.45) is 0 Å². The van der Waals surface area contributed by atoms with Crippen LogP contribution in [-0.2, 0) is 6.54 Å². The summed E-state index contributed by atoms with van der Waals surface area (Å²) in [6.07, 6.45) is 0. The number of amides is 3. The molecule has 0 aliphatic carbocycles. The third kappa shape index (κ3) is 3.45. The first-order chi connectivity index (χ1) is 11.8. The van der Waals surface area contributed by atoms with Gasteiger partial charge in [0.25, 0.3) is 17.7 Å². The van der Waals surface area contributed by atoms with Gasteiger partial charge in [0.05, 0.1) is 17.7 Å². The zero-order chi connectivity index (χ0) is 18.2. The maximum Gasteiger partial charge on any atom is 0.261 e. The van der Waals surface area contributed by atoms with E-state index < -0.39 is 0 Å². The highest BCUT2D eigenvalue weighted by Gasteiger charge is 2.35. The molecule has 0 unspecified atom stereocenters. The van der Waals surface area contributed by atoms with Crippen LogP contribution in [0.25, 0.3) is 0 Å². The SMILES string of the molecule is CC(C)(C)NC(=O)c1cccc(CN2C(=O)c3ccccc3C2=O)c1. The van der Waals surface area contributed by atoms with Crippen LogP contribution in [-0.4, -0.2) is 28.2 Å². The van der Waals surface area contributed by atoms with Crippen molar-refractivity contribution in [1.82, 2.24) is 10.2 Å². The predicted octanol–water partition coefficient (Wildman–Crippen LogP) is 3.01. The van der Waals surface area contributed by atoms with Crippen molar-refractivity contribution in [3.63, 3.8) is 0 Å². The van der Waals surface area contributed by atoms with E-state index in [0.29, 0.717) is 16.7 Å². The molecule has 0 aromatic heterocycles. The summed E-state index contributed by atoms with van der Waals surface area (Å²) < 4.78 is 0. The Morgan fingerprint density at radius 1 is 0.960 bits per heavy atom. The Morgan fingerprint density at radius 2 is 1.56 bits per heavy atom. The number of hydrogen-bond donors (Lipinski definition) is 1. The molecule has 2 aromatic rings. The van der Waals surface area contributed by atoms with Gasteiger partial charge in [-0.15, -0.1) is 0 Å². The van der Waals surface area contributed by atoms with Crippen molar-refractivity contribution in [2.75, 3.05) is 0 Å². The van der Waals surface area contributed by atoms with Crippen LogP contribution < -0.4 is 5.32 Å². The fourth-order valence-corrected chi connectivity index (χ4v) is 2.79. The molecule has 3 rings (SSSR count). The minimum absolute atomic E-state index is 0.142. The Kier molecular flexibility index (Phi) is 4.17. The number of imide groups is 1. The standard InChI is InChI=1S/C20H20N2O3/c1-20(2,3)21-17(23)14-8-6-7-13(11-14)12-22-18(24)15-9-4-5-10-16(15)19(22)25/h4-11H,12H2,1-3H3,(H,21,23). The van der Waals surface area contributed by atoms with E-state index in [4.69, 9.17) is 0 Å². The summed E-state index contributed by atoms with van der Waals surface area (Å²) in [6.45, 7) is 5.87. The van der Waals surface area contributed by atoms with Crippen LogP contribution in [0, 0.1) is 0 Å². The average Bonchev–Trinajstić information content (AvgIpc) is 2.79. The van der Waals surface area contributed by atoms with Gasteiger partial charge in [0.1, 0.15) is 0 Å². The molecule has 0 bridgehead atoms. The molecule has 3 amide bonds. The Bertz CT molecular complexity index is 830. The average molecular weight is 336 g/mol. The third-order valence-corrected chi connectivity index (χ3v) is 3.90. The van der Waals surface area contributed by atoms with Gasteiger partial charge >= 0.3 is 0 Å². The smallest absolute Gasteiger partial charge is 0.261 e. The lowest BCUT2D eigenvalue weighted by atomic mass is 10.1. The van der Waals surface area contributed by atoms with Crippen molar-refractivity contribution in [2.45, 2.75) is 32.9 Å². The molecule has 0 saturated heterocycles. The Labute approximate surface area is 146 Å². The molecular weight excluding hydrogens is 316 g/mol. The van der Waals surface area contributed by atoms with Crippen molar-refractivity contribution in [3.8, 4) is 0 Å². The minimum Gasteiger partial charge on any atom is -0.347 e. The lowest BCUT2D eigenvalue weighted by Gasteiger charge is -2.21. The number of hydrogen-bond acceptors (Lipinski definition) is 3. The van der Waals surface area contributed by atoms with Gasteiger partial charge in [-0.1, -0.05) is 24.3 Å². The maximum absolute atomic E-state index is 12.4. The summed E-state index contributed by atoms with van der Waals surface area (Å²) in [7, 11) is 0. The van der Waals surface area contributed by atoms with E-state index in [2.05, 4.69) is 5.32 Å². The van der Waals surface area contributed by atoms with E-state index in [1.807, 2.05) is 20.8 Å². The van der Waals surface area contributed by atoms with E-state index in [-0.39, 0.29) is 29.8 Å². The first-order valence-electron chi connectivity index (χ1n) is 8.13. The molecule has 1 heterocycles. The van der Waals surface area contributed by atoms with Crippen molar-refractivity contribution < 1.29 is 14.4 Å². The van der Waals surface area contributed by atoms with E-state index in [1.165, 1.54) is 4.90 Å². The monoisotopic (exact) mass is 336 g/mol. The van der Waals surface area contributed by atoms with E-state index in [0.717, 1.165) is 5.56 Å². The molecule has 0 radical (unpaired) electrons. The molecule has 1 aliphatic heterocycles. The number of fused-ring (bicyclic) bond motifs is 1. The zero-order valence-electron chi connectivity index (χ0n) is 14.5. The highest BCUT2D eigenvalue weighted by molar-refractivity contribution is 6.21. The highest BCUT2D eigenvalue weighted by Crippen LogP contribution is 2.24. The predicted molar refractivity (Wildman–Crippen MR) is 94.3 cm³/mol. The lowest BCUT2D eigenvalue weighted by Crippen LogP contribution is -2.40. The molecule has 2 aromatic carbocycles. The van der Waals surface area contributed by atoms with Gasteiger partial charge in [0.15, 0.2) is 0 Å². The van der Waals surface area contributed by atoms with Gasteiger partial charge in [-0.05, 0) is 50.6 Å². The molecule has 0 spiro atoms. The molecule has 25 heavy (non-hydrogen) atoms. The van der Waals surface area contributed by atoms with E-state index in [9.17, 15) is 14.4 Å². The number of nitrogens with one attached hydrogen (secondary N) is 1. The first-order valence-corrected chi connectivity index (χ1v) is 8.13. The number of benzene rings is 2. The fraction of sp³-hybridized carbons (Fsp3) is 0.250. The Hall–Kier alpha value is -2.95. The zero-order valence-corrected chi connectivity index (χ0v) is 14.5. The van der Waals surface area contributed by atoms with Gasteiger partial charge in [-0.3, -0.25) is 19.3 Å². The van der Waals surface area contributed by atoms with E-state index in [1.54, 1.807) is 48.5 Å². The summed E-state index contributed by atoms with van der Waals surface area (Å²) in [5.41, 5.74) is 1.75. The molecule has 128 valence electrons. The van der Waals surface area contributed by atoms with Crippen LogP contribution in [0.4, 0.5) is 0 Å². The summed E-state index contributed by atoms with van der Waals surface area (Å²) in [4.78, 5) is 38.4. The largest absolute Gasteiger partial charge is 0.347 e. The van der Waals surface area contributed by atoms with E-state index >= 15 is 0 Å². The molecule has 0 atom stereocenters. The normalized spacial score (nSPS) is 13.8. The number of carbonyl (C=O) groups is 3. The molecule has 1 N–H and O–H groups in total. The van der Waals surface area contributed by atoms with Gasteiger partial charge in [-0.25, -0.2) is 0 Å². The third-order valence-electron chi connectivity index (χ3n) is 3.90. The van der Waals surface area contributed by atoms with Gasteiger partial charge in [0, 0.05) is 11.1 Å². The first kappa shape index (κ1) is 16.9. The molecule has 0 saturated carbocycles. The second kappa shape index (κ2) is 6.16. The molecule has 5 nitrogen and oxygen atoms in total. The van der Waals surface area contributed by atoms with Gasteiger partial charge in [0.2, 0.25) is 0 Å². The summed E-state index contributed by atoms with van der Waals surface area (Å²) in [5.74, 6) is -0.785. The van der Waals surface area contributed by atoms with Crippen LogP contribution in [0.1, 0.15) is 57.4 Å². The van der Waals surface area contributed by atoms with Crippen LogP contribution in [0.2, 0.25) is 0 Å². The molecule has 5 heteroatoms. The minimum atomic E-state index is -0.338. The second-order valence-corrected chi connectivity index (χ2v) is 7.15. The van der Waals surface area contributed by atoms with Gasteiger partial charge in [-0.2, -0.15) is 0 Å². The fourth-order valence-electron chi connectivity index (χ4n) is 2.79. The number of rotatable bonds is 3. The molecule has 0 fully saturated rings.